The van der Waals surface area contributed by atoms with Crippen molar-refractivity contribution in [3.63, 3.8) is 0 Å². The van der Waals surface area contributed by atoms with Gasteiger partial charge in [-0.15, -0.1) is 11.6 Å². The van der Waals surface area contributed by atoms with Crippen molar-refractivity contribution in [1.29, 1.82) is 0 Å². The Labute approximate surface area is 102 Å². The molecule has 0 aliphatic carbocycles. The molecule has 0 saturated heterocycles. The molecule has 0 aliphatic rings. The molecule has 1 aromatic rings. The Kier molecular flexibility index (Phi) is 4.61. The van der Waals surface area contributed by atoms with E-state index in [1.165, 1.54) is 0 Å². The Hall–Kier alpha value is 0.140. The smallest absolute Gasteiger partial charge is 0.147 e. The van der Waals surface area contributed by atoms with Gasteiger partial charge in [0.25, 0.3) is 0 Å². The van der Waals surface area contributed by atoms with Crippen LogP contribution in [0.2, 0.25) is 5.15 Å². The van der Waals surface area contributed by atoms with E-state index in [0.29, 0.717) is 11.0 Å². The predicted molar refractivity (Wildman–Crippen MR) is 63.0 cm³/mol. The molecule has 1 rings (SSSR count). The first kappa shape index (κ1) is 12.2. The molecule has 1 heterocycles. The Bertz CT molecular complexity index is 329. The zero-order chi connectivity index (χ0) is 10.7. The number of halogens is 3. The highest BCUT2D eigenvalue weighted by Gasteiger charge is 2.12. The fraction of sp³-hybridized carbons (Fsp3) is 0.556. The molecule has 0 saturated carbocycles. The second kappa shape index (κ2) is 5.29. The van der Waals surface area contributed by atoms with Gasteiger partial charge in [0.2, 0.25) is 0 Å². The maximum atomic E-state index is 5.94. The van der Waals surface area contributed by atoms with Gasteiger partial charge in [-0.1, -0.05) is 24.9 Å². The SMILES string of the molecule is CCCc1nc(C(C)Cl)nc(Cl)c1Br. The van der Waals surface area contributed by atoms with E-state index >= 15 is 0 Å². The minimum Gasteiger partial charge on any atom is -0.235 e. The van der Waals surface area contributed by atoms with E-state index < -0.39 is 0 Å². The second-order valence-corrected chi connectivity index (χ2v) is 4.80. The monoisotopic (exact) mass is 296 g/mol. The van der Waals surface area contributed by atoms with Crippen molar-refractivity contribution in [1.82, 2.24) is 9.97 Å². The summed E-state index contributed by atoms with van der Waals surface area (Å²) in [6.07, 6.45) is 1.89. The fourth-order valence-electron chi connectivity index (χ4n) is 1.06. The van der Waals surface area contributed by atoms with Crippen LogP contribution in [-0.4, -0.2) is 9.97 Å². The van der Waals surface area contributed by atoms with Crippen molar-refractivity contribution in [3.8, 4) is 0 Å². The number of hydrogen-bond acceptors (Lipinski definition) is 2. The van der Waals surface area contributed by atoms with Gasteiger partial charge in [0.15, 0.2) is 0 Å². The summed E-state index contributed by atoms with van der Waals surface area (Å²) in [4.78, 5) is 8.44. The van der Waals surface area contributed by atoms with Crippen molar-refractivity contribution in [2.24, 2.45) is 0 Å². The number of nitrogens with zero attached hydrogens (tertiary/aromatic N) is 2. The average Bonchev–Trinajstić information content (AvgIpc) is 2.12. The van der Waals surface area contributed by atoms with Gasteiger partial charge in [0.05, 0.1) is 15.5 Å². The van der Waals surface area contributed by atoms with Crippen LogP contribution < -0.4 is 0 Å². The van der Waals surface area contributed by atoms with Crippen LogP contribution in [0.25, 0.3) is 0 Å². The van der Waals surface area contributed by atoms with E-state index in [1.807, 2.05) is 6.92 Å². The molecule has 0 aromatic carbocycles. The number of rotatable bonds is 3. The molecule has 0 aliphatic heterocycles. The van der Waals surface area contributed by atoms with E-state index in [1.54, 1.807) is 0 Å². The van der Waals surface area contributed by atoms with Crippen LogP contribution in [0.15, 0.2) is 4.47 Å². The normalized spacial score (nSPS) is 12.9. The Balaban J connectivity index is 3.14. The van der Waals surface area contributed by atoms with Gasteiger partial charge in [0, 0.05) is 0 Å². The largest absolute Gasteiger partial charge is 0.235 e. The highest BCUT2D eigenvalue weighted by Crippen LogP contribution is 2.27. The number of alkyl halides is 1. The van der Waals surface area contributed by atoms with Crippen molar-refractivity contribution in [2.45, 2.75) is 32.1 Å². The molecule has 0 spiro atoms. The topological polar surface area (TPSA) is 25.8 Å². The lowest BCUT2D eigenvalue weighted by atomic mass is 10.2. The maximum Gasteiger partial charge on any atom is 0.147 e. The van der Waals surface area contributed by atoms with Gasteiger partial charge >= 0.3 is 0 Å². The van der Waals surface area contributed by atoms with Crippen LogP contribution in [0.3, 0.4) is 0 Å². The summed E-state index contributed by atoms with van der Waals surface area (Å²) in [5.74, 6) is 0.586. The third kappa shape index (κ3) is 2.81. The van der Waals surface area contributed by atoms with Gasteiger partial charge < -0.3 is 0 Å². The molecule has 1 unspecified atom stereocenters. The van der Waals surface area contributed by atoms with Crippen LogP contribution in [0, 0.1) is 0 Å². The molecular weight excluding hydrogens is 287 g/mol. The molecular formula is C9H11BrCl2N2. The lowest BCUT2D eigenvalue weighted by molar-refractivity contribution is 0.817. The molecule has 1 atom stereocenters. The van der Waals surface area contributed by atoms with Crippen molar-refractivity contribution in [2.75, 3.05) is 0 Å². The lowest BCUT2D eigenvalue weighted by Gasteiger charge is -2.08. The van der Waals surface area contributed by atoms with Crippen LogP contribution >= 0.6 is 39.1 Å². The fourth-order valence-corrected chi connectivity index (χ4v) is 1.73. The highest BCUT2D eigenvalue weighted by atomic mass is 79.9. The summed E-state index contributed by atoms with van der Waals surface area (Å²) in [6, 6.07) is 0. The summed E-state index contributed by atoms with van der Waals surface area (Å²) < 4.78 is 0.780. The maximum absolute atomic E-state index is 5.94. The molecule has 0 N–H and O–H groups in total. The highest BCUT2D eigenvalue weighted by molar-refractivity contribution is 9.10. The van der Waals surface area contributed by atoms with Gasteiger partial charge in [-0.25, -0.2) is 9.97 Å². The molecule has 14 heavy (non-hydrogen) atoms. The number of hydrogen-bond donors (Lipinski definition) is 0. The van der Waals surface area contributed by atoms with Crippen molar-refractivity contribution in [3.05, 3.63) is 21.1 Å². The molecule has 5 heteroatoms. The van der Waals surface area contributed by atoms with Crippen LogP contribution in [0.5, 0.6) is 0 Å². The molecule has 2 nitrogen and oxygen atoms in total. The first-order valence-electron chi connectivity index (χ1n) is 4.42. The zero-order valence-electron chi connectivity index (χ0n) is 8.02. The zero-order valence-corrected chi connectivity index (χ0v) is 11.1. The Morgan fingerprint density at radius 2 is 2.07 bits per heavy atom. The summed E-state index contributed by atoms with van der Waals surface area (Å²) in [7, 11) is 0. The first-order chi connectivity index (χ1) is 6.56. The van der Waals surface area contributed by atoms with Crippen LogP contribution in [-0.2, 0) is 6.42 Å². The van der Waals surface area contributed by atoms with Crippen molar-refractivity contribution < 1.29 is 0 Å². The Morgan fingerprint density at radius 3 is 2.57 bits per heavy atom. The van der Waals surface area contributed by atoms with Crippen LogP contribution in [0.4, 0.5) is 0 Å². The average molecular weight is 298 g/mol. The minimum absolute atomic E-state index is 0.212. The quantitative estimate of drug-likeness (QED) is 0.619. The molecule has 0 bridgehead atoms. The Morgan fingerprint density at radius 1 is 1.43 bits per heavy atom. The van der Waals surface area contributed by atoms with Gasteiger partial charge in [-0.05, 0) is 29.3 Å². The molecule has 0 radical (unpaired) electrons. The summed E-state index contributed by atoms with van der Waals surface area (Å²) in [6.45, 7) is 3.92. The summed E-state index contributed by atoms with van der Waals surface area (Å²) >= 11 is 15.2. The molecule has 0 amide bonds. The minimum atomic E-state index is -0.212. The van der Waals surface area contributed by atoms with Gasteiger partial charge in [-0.3, -0.25) is 0 Å². The van der Waals surface area contributed by atoms with E-state index in [4.69, 9.17) is 23.2 Å². The first-order valence-corrected chi connectivity index (χ1v) is 6.02. The second-order valence-electron chi connectivity index (χ2n) is 3.00. The lowest BCUT2D eigenvalue weighted by Crippen LogP contribution is -2.02. The molecule has 0 fully saturated rings. The third-order valence-electron chi connectivity index (χ3n) is 1.74. The van der Waals surface area contributed by atoms with E-state index in [2.05, 4.69) is 32.8 Å². The summed E-state index contributed by atoms with van der Waals surface area (Å²) in [5.41, 5.74) is 0.926. The summed E-state index contributed by atoms with van der Waals surface area (Å²) in [5, 5.41) is 0.224. The van der Waals surface area contributed by atoms with E-state index in [9.17, 15) is 0 Å². The van der Waals surface area contributed by atoms with Crippen LogP contribution in [0.1, 0.15) is 37.2 Å². The predicted octanol–water partition coefficient (Wildman–Crippen LogP) is 4.14. The van der Waals surface area contributed by atoms with Gasteiger partial charge in [-0.2, -0.15) is 0 Å². The van der Waals surface area contributed by atoms with Crippen molar-refractivity contribution >= 4 is 39.1 Å². The number of aromatic nitrogens is 2. The standard InChI is InChI=1S/C9H11BrCl2N2/c1-3-4-6-7(10)8(12)14-9(13-6)5(2)11/h5H,3-4H2,1-2H3. The number of aryl methyl sites for hydroxylation is 1. The van der Waals surface area contributed by atoms with E-state index in [0.717, 1.165) is 23.0 Å². The van der Waals surface area contributed by atoms with Gasteiger partial charge in [0.1, 0.15) is 11.0 Å². The third-order valence-corrected chi connectivity index (χ3v) is 3.27. The van der Waals surface area contributed by atoms with E-state index in [-0.39, 0.29) is 5.38 Å². The molecule has 78 valence electrons. The molecule has 1 aromatic heterocycles.